The van der Waals surface area contributed by atoms with Crippen molar-refractivity contribution in [3.63, 3.8) is 0 Å². The van der Waals surface area contributed by atoms with Crippen LogP contribution in [0.4, 0.5) is 0 Å². The van der Waals surface area contributed by atoms with E-state index in [2.05, 4.69) is 5.32 Å². The number of hydrogen-bond donors (Lipinski definition) is 1. The van der Waals surface area contributed by atoms with E-state index in [9.17, 15) is 0 Å². The second kappa shape index (κ2) is 2.89. The van der Waals surface area contributed by atoms with Crippen LogP contribution in [0.15, 0.2) is 0 Å². The van der Waals surface area contributed by atoms with Crippen molar-refractivity contribution >= 4 is 0 Å². The average molecular weight is 141 g/mol. The van der Waals surface area contributed by atoms with Gasteiger partial charge in [0.15, 0.2) is 0 Å². The lowest BCUT2D eigenvalue weighted by Gasteiger charge is -2.35. The van der Waals surface area contributed by atoms with Gasteiger partial charge in [0.05, 0.1) is 6.10 Å². The van der Waals surface area contributed by atoms with Crippen LogP contribution in [0.25, 0.3) is 0 Å². The lowest BCUT2D eigenvalue weighted by molar-refractivity contribution is -0.0384. The van der Waals surface area contributed by atoms with Gasteiger partial charge in [-0.1, -0.05) is 0 Å². The van der Waals surface area contributed by atoms with Crippen molar-refractivity contribution in [1.82, 2.24) is 5.32 Å². The number of hydrogen-bond acceptors (Lipinski definition) is 2. The van der Waals surface area contributed by atoms with E-state index < -0.39 is 0 Å². The Balaban J connectivity index is 1.93. The first-order valence-electron chi connectivity index (χ1n) is 4.29. The fourth-order valence-corrected chi connectivity index (χ4v) is 1.99. The molecule has 0 amide bonds. The van der Waals surface area contributed by atoms with E-state index in [1.165, 1.54) is 25.8 Å². The zero-order valence-electron chi connectivity index (χ0n) is 6.31. The quantitative estimate of drug-likeness (QED) is 0.538. The van der Waals surface area contributed by atoms with Gasteiger partial charge in [-0.05, 0) is 31.7 Å². The zero-order chi connectivity index (χ0) is 6.81. The summed E-state index contributed by atoms with van der Waals surface area (Å²) in [5.41, 5.74) is 0. The summed E-state index contributed by atoms with van der Waals surface area (Å²) in [5, 5.41) is 3.36. The Kier molecular flexibility index (Phi) is 1.91. The summed E-state index contributed by atoms with van der Waals surface area (Å²) in [5.74, 6) is 0.870. The maximum Gasteiger partial charge on any atom is 0.0728 e. The Hall–Kier alpha value is -0.0800. The molecule has 2 unspecified atom stereocenters. The predicted octanol–water partition coefficient (Wildman–Crippen LogP) is 0.775. The first-order valence-corrected chi connectivity index (χ1v) is 4.29. The SMILES string of the molecule is C1COC2CNCCC2C1. The molecule has 0 saturated carbocycles. The van der Waals surface area contributed by atoms with Gasteiger partial charge in [-0.3, -0.25) is 0 Å². The molecule has 0 aliphatic carbocycles. The van der Waals surface area contributed by atoms with Crippen molar-refractivity contribution in [2.45, 2.75) is 25.4 Å². The van der Waals surface area contributed by atoms with E-state index in [1.807, 2.05) is 0 Å². The minimum absolute atomic E-state index is 0.544. The van der Waals surface area contributed by atoms with E-state index in [1.54, 1.807) is 0 Å². The number of rotatable bonds is 0. The molecule has 2 heteroatoms. The second-order valence-corrected chi connectivity index (χ2v) is 3.30. The van der Waals surface area contributed by atoms with Gasteiger partial charge in [0.1, 0.15) is 0 Å². The molecule has 0 bridgehead atoms. The topological polar surface area (TPSA) is 21.3 Å². The van der Waals surface area contributed by atoms with Crippen LogP contribution in [-0.4, -0.2) is 25.8 Å². The summed E-state index contributed by atoms with van der Waals surface area (Å²) >= 11 is 0. The van der Waals surface area contributed by atoms with Gasteiger partial charge in [0, 0.05) is 13.2 Å². The van der Waals surface area contributed by atoms with Gasteiger partial charge in [0.25, 0.3) is 0 Å². The smallest absolute Gasteiger partial charge is 0.0728 e. The molecule has 2 heterocycles. The molecular weight excluding hydrogens is 126 g/mol. The normalized spacial score (nSPS) is 40.8. The van der Waals surface area contributed by atoms with Crippen molar-refractivity contribution in [2.75, 3.05) is 19.7 Å². The highest BCUT2D eigenvalue weighted by Crippen LogP contribution is 2.25. The maximum absolute atomic E-state index is 5.62. The number of piperidine rings is 1. The first-order chi connectivity index (χ1) is 4.97. The molecule has 1 N–H and O–H groups in total. The van der Waals surface area contributed by atoms with Crippen LogP contribution in [0.2, 0.25) is 0 Å². The molecule has 0 spiro atoms. The van der Waals surface area contributed by atoms with Crippen LogP contribution in [0.5, 0.6) is 0 Å². The highest BCUT2D eigenvalue weighted by molar-refractivity contribution is 4.80. The molecule has 2 aliphatic rings. The number of nitrogens with one attached hydrogen (secondary N) is 1. The minimum atomic E-state index is 0.544. The molecule has 0 aromatic heterocycles. The van der Waals surface area contributed by atoms with E-state index in [0.717, 1.165) is 19.1 Å². The van der Waals surface area contributed by atoms with Crippen molar-refractivity contribution in [3.8, 4) is 0 Å². The fourth-order valence-electron chi connectivity index (χ4n) is 1.99. The second-order valence-electron chi connectivity index (χ2n) is 3.30. The van der Waals surface area contributed by atoms with E-state index in [0.29, 0.717) is 6.10 Å². The summed E-state index contributed by atoms with van der Waals surface area (Å²) < 4.78 is 5.62. The van der Waals surface area contributed by atoms with Crippen LogP contribution in [0, 0.1) is 5.92 Å². The van der Waals surface area contributed by atoms with E-state index in [-0.39, 0.29) is 0 Å². The summed E-state index contributed by atoms with van der Waals surface area (Å²) in [6.07, 6.45) is 4.54. The molecular formula is C8H15NO. The van der Waals surface area contributed by atoms with Crippen LogP contribution < -0.4 is 5.32 Å². The lowest BCUT2D eigenvalue weighted by atomic mass is 9.89. The molecule has 58 valence electrons. The Morgan fingerprint density at radius 2 is 2.30 bits per heavy atom. The minimum Gasteiger partial charge on any atom is -0.377 e. The highest BCUT2D eigenvalue weighted by Gasteiger charge is 2.27. The van der Waals surface area contributed by atoms with E-state index >= 15 is 0 Å². The van der Waals surface area contributed by atoms with Crippen molar-refractivity contribution in [2.24, 2.45) is 5.92 Å². The predicted molar refractivity (Wildman–Crippen MR) is 40.0 cm³/mol. The largest absolute Gasteiger partial charge is 0.377 e. The monoisotopic (exact) mass is 141 g/mol. The fraction of sp³-hybridized carbons (Fsp3) is 1.00. The highest BCUT2D eigenvalue weighted by atomic mass is 16.5. The molecule has 0 aromatic carbocycles. The number of ether oxygens (including phenoxy) is 1. The summed E-state index contributed by atoms with van der Waals surface area (Å²) in [6, 6.07) is 0. The zero-order valence-corrected chi connectivity index (χ0v) is 6.31. The summed E-state index contributed by atoms with van der Waals surface area (Å²) in [7, 11) is 0. The summed E-state index contributed by atoms with van der Waals surface area (Å²) in [6.45, 7) is 3.28. The van der Waals surface area contributed by atoms with E-state index in [4.69, 9.17) is 4.74 Å². The molecule has 2 nitrogen and oxygen atoms in total. The molecule has 2 atom stereocenters. The first kappa shape index (κ1) is 6.62. The van der Waals surface area contributed by atoms with Gasteiger partial charge in [0.2, 0.25) is 0 Å². The molecule has 2 rings (SSSR count). The molecule has 0 aromatic rings. The number of fused-ring (bicyclic) bond motifs is 1. The Labute approximate surface area is 61.9 Å². The Morgan fingerprint density at radius 3 is 3.20 bits per heavy atom. The molecule has 2 aliphatic heterocycles. The van der Waals surface area contributed by atoms with Crippen molar-refractivity contribution in [1.29, 1.82) is 0 Å². The van der Waals surface area contributed by atoms with Crippen molar-refractivity contribution in [3.05, 3.63) is 0 Å². The Bertz CT molecular complexity index is 89.8. The molecule has 2 fully saturated rings. The van der Waals surface area contributed by atoms with Gasteiger partial charge in [-0.2, -0.15) is 0 Å². The van der Waals surface area contributed by atoms with Gasteiger partial charge in [-0.25, -0.2) is 0 Å². The lowest BCUT2D eigenvalue weighted by Crippen LogP contribution is -2.44. The average Bonchev–Trinajstić information content (AvgIpc) is 2.05. The van der Waals surface area contributed by atoms with Crippen LogP contribution in [0.1, 0.15) is 19.3 Å². The molecule has 10 heavy (non-hydrogen) atoms. The summed E-state index contributed by atoms with van der Waals surface area (Å²) in [4.78, 5) is 0. The Morgan fingerprint density at radius 1 is 1.30 bits per heavy atom. The molecule has 2 saturated heterocycles. The van der Waals surface area contributed by atoms with Crippen molar-refractivity contribution < 1.29 is 4.74 Å². The molecule has 0 radical (unpaired) electrons. The van der Waals surface area contributed by atoms with Crippen LogP contribution >= 0.6 is 0 Å². The third kappa shape index (κ3) is 1.18. The third-order valence-electron chi connectivity index (χ3n) is 2.61. The van der Waals surface area contributed by atoms with Gasteiger partial charge in [-0.15, -0.1) is 0 Å². The third-order valence-corrected chi connectivity index (χ3v) is 2.61. The van der Waals surface area contributed by atoms with Crippen LogP contribution in [0.3, 0.4) is 0 Å². The maximum atomic E-state index is 5.62. The van der Waals surface area contributed by atoms with Gasteiger partial charge >= 0.3 is 0 Å². The van der Waals surface area contributed by atoms with Crippen LogP contribution in [-0.2, 0) is 4.74 Å². The van der Waals surface area contributed by atoms with Gasteiger partial charge < -0.3 is 10.1 Å². The standard InChI is InChI=1S/C8H15NO/c1-2-7-3-4-9-6-8(7)10-5-1/h7-9H,1-6H2.